The van der Waals surface area contributed by atoms with Crippen LogP contribution in [0, 0.1) is 6.92 Å². The van der Waals surface area contributed by atoms with Gasteiger partial charge in [-0.15, -0.1) is 0 Å². The first kappa shape index (κ1) is 21.0. The monoisotopic (exact) mass is 413 g/mol. The van der Waals surface area contributed by atoms with E-state index in [0.717, 1.165) is 28.7 Å². The molecule has 1 unspecified atom stereocenters. The van der Waals surface area contributed by atoms with Crippen molar-refractivity contribution in [1.82, 2.24) is 10.2 Å². The average molecular weight is 414 g/mol. The maximum atomic E-state index is 12.2. The van der Waals surface area contributed by atoms with E-state index in [0.29, 0.717) is 36.5 Å². The number of aryl methyl sites for hydroxylation is 1. The van der Waals surface area contributed by atoms with Gasteiger partial charge in [0.05, 0.1) is 6.04 Å². The lowest BCUT2D eigenvalue weighted by atomic mass is 10.0. The molecule has 1 aliphatic rings. The second kappa shape index (κ2) is 9.20. The van der Waals surface area contributed by atoms with E-state index < -0.39 is 6.04 Å². The lowest BCUT2D eigenvalue weighted by Crippen LogP contribution is -2.51. The molecule has 0 bridgehead atoms. The normalized spacial score (nSPS) is 16.6. The molecule has 1 atom stereocenters. The summed E-state index contributed by atoms with van der Waals surface area (Å²) in [5.41, 5.74) is 4.25. The molecule has 0 spiro atoms. The molecular weight excluding hydrogens is 390 g/mol. The minimum Gasteiger partial charge on any atom is -0.381 e. The number of anilines is 1. The molecular formula is C22H24ClN3O3. The third-order valence-electron chi connectivity index (χ3n) is 5.21. The molecule has 3 rings (SSSR count). The Balaban J connectivity index is 1.78. The number of amides is 2. The van der Waals surface area contributed by atoms with Gasteiger partial charge >= 0.3 is 0 Å². The molecule has 0 radical (unpaired) electrons. The first-order valence-corrected chi connectivity index (χ1v) is 9.86. The number of hydrogen-bond donors (Lipinski definition) is 2. The van der Waals surface area contributed by atoms with Crippen molar-refractivity contribution in [2.45, 2.75) is 38.9 Å². The highest BCUT2D eigenvalue weighted by molar-refractivity contribution is 6.31. The highest BCUT2D eigenvalue weighted by Crippen LogP contribution is 2.24. The largest absolute Gasteiger partial charge is 0.381 e. The molecule has 2 amide bonds. The Morgan fingerprint density at radius 1 is 1.28 bits per heavy atom. The third-order valence-corrected chi connectivity index (χ3v) is 5.62. The second-order valence-electron chi connectivity index (χ2n) is 7.31. The topological polar surface area (TPSA) is 78.5 Å². The Bertz CT molecular complexity index is 945. The molecule has 0 aliphatic carbocycles. The van der Waals surface area contributed by atoms with E-state index in [1.807, 2.05) is 49.2 Å². The number of halogens is 1. The van der Waals surface area contributed by atoms with Crippen LogP contribution in [0.1, 0.15) is 39.9 Å². The van der Waals surface area contributed by atoms with Gasteiger partial charge in [0.1, 0.15) is 6.29 Å². The molecule has 152 valence electrons. The van der Waals surface area contributed by atoms with Gasteiger partial charge in [-0.2, -0.15) is 0 Å². The van der Waals surface area contributed by atoms with Gasteiger partial charge in [0.2, 0.25) is 11.8 Å². The van der Waals surface area contributed by atoms with Crippen LogP contribution >= 0.6 is 11.6 Å². The minimum atomic E-state index is -0.406. The molecule has 2 N–H and O–H groups in total. The Hall–Kier alpha value is -2.70. The van der Waals surface area contributed by atoms with Crippen LogP contribution in [0.5, 0.6) is 0 Å². The van der Waals surface area contributed by atoms with Crippen molar-refractivity contribution in [3.05, 3.63) is 63.7 Å². The summed E-state index contributed by atoms with van der Waals surface area (Å²) in [7, 11) is 1.82. The fourth-order valence-electron chi connectivity index (χ4n) is 3.46. The molecule has 6 nitrogen and oxygen atoms in total. The number of imide groups is 1. The molecule has 29 heavy (non-hydrogen) atoms. The average Bonchev–Trinajstić information content (AvgIpc) is 2.69. The van der Waals surface area contributed by atoms with Crippen LogP contribution in [0.15, 0.2) is 36.4 Å². The summed E-state index contributed by atoms with van der Waals surface area (Å²) in [6.07, 6.45) is 1.60. The van der Waals surface area contributed by atoms with E-state index >= 15 is 0 Å². The number of likely N-dealkylation sites (N-methyl/N-ethyl adjacent to an activating group) is 1. The van der Waals surface area contributed by atoms with E-state index in [1.54, 1.807) is 6.07 Å². The standard InChI is InChI=1S/C22H24ClN3O3/c1-14-6-7-15(10-18(14)23)11-24-19-5-3-4-16(13-27)17(19)12-26(2)20-8-9-21(28)25-22(20)29/h3-7,10,13,20,24H,8-9,11-12H2,1-2H3,(H,25,28,29). The maximum absolute atomic E-state index is 12.2. The maximum Gasteiger partial charge on any atom is 0.243 e. The van der Waals surface area contributed by atoms with E-state index in [2.05, 4.69) is 10.6 Å². The van der Waals surface area contributed by atoms with Gasteiger partial charge in [0, 0.05) is 35.8 Å². The second-order valence-corrected chi connectivity index (χ2v) is 7.72. The lowest BCUT2D eigenvalue weighted by molar-refractivity contribution is -0.137. The van der Waals surface area contributed by atoms with Crippen LogP contribution in [0.4, 0.5) is 5.69 Å². The number of benzene rings is 2. The summed E-state index contributed by atoms with van der Waals surface area (Å²) in [5.74, 6) is -0.539. The van der Waals surface area contributed by atoms with Gasteiger partial charge < -0.3 is 5.32 Å². The number of piperidine rings is 1. The van der Waals surface area contributed by atoms with Crippen LogP contribution in [0.2, 0.25) is 5.02 Å². The van der Waals surface area contributed by atoms with Crippen molar-refractivity contribution in [3.63, 3.8) is 0 Å². The molecule has 2 aromatic rings. The number of hydrogen-bond acceptors (Lipinski definition) is 5. The van der Waals surface area contributed by atoms with Crippen LogP contribution in [-0.2, 0) is 22.7 Å². The number of nitrogens with one attached hydrogen (secondary N) is 2. The zero-order valence-electron chi connectivity index (χ0n) is 16.5. The highest BCUT2D eigenvalue weighted by Gasteiger charge is 2.30. The van der Waals surface area contributed by atoms with Crippen LogP contribution in [0.25, 0.3) is 0 Å². The van der Waals surface area contributed by atoms with E-state index in [1.165, 1.54) is 0 Å². The van der Waals surface area contributed by atoms with E-state index in [4.69, 9.17) is 11.6 Å². The molecule has 1 saturated heterocycles. The van der Waals surface area contributed by atoms with Gasteiger partial charge in [-0.1, -0.05) is 35.9 Å². The van der Waals surface area contributed by atoms with E-state index in [-0.39, 0.29) is 11.8 Å². The van der Waals surface area contributed by atoms with E-state index in [9.17, 15) is 14.4 Å². The van der Waals surface area contributed by atoms with Crippen molar-refractivity contribution in [2.75, 3.05) is 12.4 Å². The fraction of sp³-hybridized carbons (Fsp3) is 0.318. The highest BCUT2D eigenvalue weighted by atomic mass is 35.5. The molecule has 0 aromatic heterocycles. The summed E-state index contributed by atoms with van der Waals surface area (Å²) in [6.45, 7) is 2.91. The minimum absolute atomic E-state index is 0.243. The Kier molecular flexibility index (Phi) is 6.67. The lowest BCUT2D eigenvalue weighted by Gasteiger charge is -2.30. The third kappa shape index (κ3) is 5.02. The van der Waals surface area contributed by atoms with Crippen molar-refractivity contribution < 1.29 is 14.4 Å². The van der Waals surface area contributed by atoms with Crippen LogP contribution in [-0.4, -0.2) is 36.1 Å². The van der Waals surface area contributed by atoms with Gasteiger partial charge in [0.25, 0.3) is 0 Å². The zero-order chi connectivity index (χ0) is 21.0. The number of carbonyl (C=O) groups is 3. The SMILES string of the molecule is Cc1ccc(CNc2cccc(C=O)c2CN(C)C2CCC(=O)NC2=O)cc1Cl. The number of carbonyl (C=O) groups excluding carboxylic acids is 3. The zero-order valence-corrected chi connectivity index (χ0v) is 17.3. The number of rotatable bonds is 7. The van der Waals surface area contributed by atoms with Crippen LogP contribution in [0.3, 0.4) is 0 Å². The Morgan fingerprint density at radius 2 is 2.07 bits per heavy atom. The van der Waals surface area contributed by atoms with Crippen molar-refractivity contribution in [3.8, 4) is 0 Å². The van der Waals surface area contributed by atoms with Crippen LogP contribution < -0.4 is 10.6 Å². The summed E-state index contributed by atoms with van der Waals surface area (Å²) in [6, 6.07) is 11.0. The van der Waals surface area contributed by atoms with Crippen molar-refractivity contribution in [2.24, 2.45) is 0 Å². The van der Waals surface area contributed by atoms with Gasteiger partial charge in [0.15, 0.2) is 0 Å². The number of aldehydes is 1. The Labute approximate surface area is 175 Å². The molecule has 0 saturated carbocycles. The first-order chi connectivity index (χ1) is 13.9. The quantitative estimate of drug-likeness (QED) is 0.537. The predicted molar refractivity (Wildman–Crippen MR) is 113 cm³/mol. The molecule has 7 heteroatoms. The van der Waals surface area contributed by atoms with Crippen molar-refractivity contribution in [1.29, 1.82) is 0 Å². The van der Waals surface area contributed by atoms with Gasteiger partial charge in [-0.3, -0.25) is 24.6 Å². The summed E-state index contributed by atoms with van der Waals surface area (Å²) in [5, 5.41) is 6.47. The summed E-state index contributed by atoms with van der Waals surface area (Å²) in [4.78, 5) is 37.1. The van der Waals surface area contributed by atoms with Crippen molar-refractivity contribution >= 4 is 35.4 Å². The summed E-state index contributed by atoms with van der Waals surface area (Å²) >= 11 is 6.21. The molecule has 2 aromatic carbocycles. The fourth-order valence-corrected chi connectivity index (χ4v) is 3.67. The Morgan fingerprint density at radius 3 is 2.76 bits per heavy atom. The summed E-state index contributed by atoms with van der Waals surface area (Å²) < 4.78 is 0. The molecule has 1 aliphatic heterocycles. The molecule has 1 heterocycles. The molecule has 1 fully saturated rings. The predicted octanol–water partition coefficient (Wildman–Crippen LogP) is 3.31. The van der Waals surface area contributed by atoms with Gasteiger partial charge in [-0.05, 0) is 49.2 Å². The smallest absolute Gasteiger partial charge is 0.243 e. The van der Waals surface area contributed by atoms with Gasteiger partial charge in [-0.25, -0.2) is 0 Å². The number of nitrogens with zero attached hydrogens (tertiary/aromatic N) is 1. The first-order valence-electron chi connectivity index (χ1n) is 9.49.